The second-order valence-electron chi connectivity index (χ2n) is 7.07. The molecule has 0 atom stereocenters. The summed E-state index contributed by atoms with van der Waals surface area (Å²) in [6, 6.07) is 17.1. The summed E-state index contributed by atoms with van der Waals surface area (Å²) in [7, 11) is 0. The highest BCUT2D eigenvalue weighted by atomic mass is 16.5. The minimum absolute atomic E-state index is 0.0478. The molecule has 1 N–H and O–H groups in total. The number of aromatic nitrogens is 2. The lowest BCUT2D eigenvalue weighted by Crippen LogP contribution is -2.19. The van der Waals surface area contributed by atoms with Crippen molar-refractivity contribution in [2.75, 3.05) is 6.61 Å². The topological polar surface area (TPSA) is 77.7 Å². The zero-order valence-corrected chi connectivity index (χ0v) is 17.0. The molecule has 1 aliphatic rings. The van der Waals surface area contributed by atoms with Crippen molar-refractivity contribution in [2.24, 2.45) is 11.0 Å². The van der Waals surface area contributed by atoms with Crippen LogP contribution in [0, 0.1) is 12.8 Å². The van der Waals surface area contributed by atoms with Crippen LogP contribution in [-0.2, 0) is 4.79 Å². The van der Waals surface area contributed by atoms with Crippen LogP contribution in [0.15, 0.2) is 59.7 Å². The van der Waals surface area contributed by atoms with E-state index in [1.54, 1.807) is 10.9 Å². The van der Waals surface area contributed by atoms with Crippen LogP contribution in [-0.4, -0.2) is 28.5 Å². The predicted molar refractivity (Wildman–Crippen MR) is 114 cm³/mol. The number of carbonyl (C=O) groups is 1. The summed E-state index contributed by atoms with van der Waals surface area (Å²) in [5.74, 6) is 1.99. The van der Waals surface area contributed by atoms with Crippen LogP contribution in [0.4, 0.5) is 0 Å². The van der Waals surface area contributed by atoms with Crippen molar-refractivity contribution in [3.63, 3.8) is 0 Å². The van der Waals surface area contributed by atoms with Crippen molar-refractivity contribution >= 4 is 12.1 Å². The fourth-order valence-electron chi connectivity index (χ4n) is 2.99. The van der Waals surface area contributed by atoms with Crippen molar-refractivity contribution in [3.8, 4) is 23.1 Å². The van der Waals surface area contributed by atoms with Crippen LogP contribution in [0.3, 0.4) is 0 Å². The number of rotatable bonds is 8. The number of ether oxygens (including phenoxy) is 2. The lowest BCUT2D eigenvalue weighted by molar-refractivity contribution is -0.122. The standard InChI is InChI=1S/C23H24N4O3/c1-3-29-19-11-13-20(14-12-19)30-23-21(15-24-25-22(28)17-9-10-17)16(2)26-27(23)18-7-5-4-6-8-18/h4-8,11-15,17H,3,9-10H2,1-2H3,(H,25,28)/b24-15-. The summed E-state index contributed by atoms with van der Waals surface area (Å²) >= 11 is 0. The molecular weight excluding hydrogens is 380 g/mol. The number of amides is 1. The molecule has 0 aliphatic heterocycles. The molecule has 1 aliphatic carbocycles. The van der Waals surface area contributed by atoms with Crippen LogP contribution in [0.1, 0.15) is 31.0 Å². The van der Waals surface area contributed by atoms with Crippen molar-refractivity contribution in [1.29, 1.82) is 0 Å². The van der Waals surface area contributed by atoms with Gasteiger partial charge in [-0.1, -0.05) is 18.2 Å². The van der Waals surface area contributed by atoms with Gasteiger partial charge in [0.1, 0.15) is 11.5 Å². The molecule has 0 unspecified atom stereocenters. The minimum atomic E-state index is -0.0478. The number of hydrogen-bond acceptors (Lipinski definition) is 5. The molecule has 1 amide bonds. The van der Waals surface area contributed by atoms with E-state index in [0.717, 1.165) is 30.0 Å². The largest absolute Gasteiger partial charge is 0.494 e. The van der Waals surface area contributed by atoms with Crippen molar-refractivity contribution in [3.05, 3.63) is 65.9 Å². The van der Waals surface area contributed by atoms with Gasteiger partial charge < -0.3 is 9.47 Å². The Bertz CT molecular complexity index is 1040. The highest BCUT2D eigenvalue weighted by molar-refractivity contribution is 5.87. The Morgan fingerprint density at radius 2 is 1.87 bits per heavy atom. The van der Waals surface area contributed by atoms with E-state index in [1.807, 2.05) is 68.4 Å². The maximum Gasteiger partial charge on any atom is 0.243 e. The van der Waals surface area contributed by atoms with Crippen LogP contribution >= 0.6 is 0 Å². The van der Waals surface area contributed by atoms with Gasteiger partial charge >= 0.3 is 0 Å². The van der Waals surface area contributed by atoms with Gasteiger partial charge in [-0.3, -0.25) is 4.79 Å². The molecule has 1 fully saturated rings. The zero-order chi connectivity index (χ0) is 20.9. The molecule has 1 heterocycles. The number of hydrazone groups is 1. The first-order valence-corrected chi connectivity index (χ1v) is 10.0. The van der Waals surface area contributed by atoms with Gasteiger partial charge in [0, 0.05) is 5.92 Å². The number of aryl methyl sites for hydroxylation is 1. The Balaban J connectivity index is 1.65. The zero-order valence-electron chi connectivity index (χ0n) is 17.0. The van der Waals surface area contributed by atoms with Crippen LogP contribution in [0.5, 0.6) is 17.4 Å². The lowest BCUT2D eigenvalue weighted by Gasteiger charge is -2.11. The van der Waals surface area contributed by atoms with Gasteiger partial charge in [0.25, 0.3) is 0 Å². The van der Waals surface area contributed by atoms with Gasteiger partial charge in [0.2, 0.25) is 11.8 Å². The first-order chi connectivity index (χ1) is 14.7. The first-order valence-electron chi connectivity index (χ1n) is 10.0. The molecule has 3 aromatic rings. The summed E-state index contributed by atoms with van der Waals surface area (Å²) in [5, 5.41) is 8.77. The van der Waals surface area contributed by atoms with Gasteiger partial charge in [0.05, 0.1) is 29.8 Å². The SMILES string of the molecule is CCOc1ccc(Oc2c(/C=N\NC(=O)C3CC3)c(C)nn2-c2ccccc2)cc1. The van der Waals surface area contributed by atoms with E-state index in [-0.39, 0.29) is 11.8 Å². The predicted octanol–water partition coefficient (Wildman–Crippen LogP) is 4.23. The normalized spacial score (nSPS) is 13.4. The lowest BCUT2D eigenvalue weighted by atomic mass is 10.2. The molecule has 0 saturated heterocycles. The molecule has 154 valence electrons. The van der Waals surface area contributed by atoms with E-state index in [2.05, 4.69) is 15.6 Å². The maximum absolute atomic E-state index is 11.9. The number of para-hydroxylation sites is 1. The third-order valence-corrected chi connectivity index (χ3v) is 4.73. The maximum atomic E-state index is 11.9. The number of benzene rings is 2. The van der Waals surface area contributed by atoms with E-state index < -0.39 is 0 Å². The van der Waals surface area contributed by atoms with Crippen LogP contribution < -0.4 is 14.9 Å². The second-order valence-corrected chi connectivity index (χ2v) is 7.07. The molecule has 2 aromatic carbocycles. The molecule has 1 aromatic heterocycles. The van der Waals surface area contributed by atoms with E-state index >= 15 is 0 Å². The molecule has 0 spiro atoms. The summed E-state index contributed by atoms with van der Waals surface area (Å²) in [6.45, 7) is 4.43. The Hall–Kier alpha value is -3.61. The van der Waals surface area contributed by atoms with Crippen LogP contribution in [0.25, 0.3) is 5.69 Å². The Morgan fingerprint density at radius 3 is 2.53 bits per heavy atom. The van der Waals surface area contributed by atoms with E-state index in [4.69, 9.17) is 9.47 Å². The highest BCUT2D eigenvalue weighted by Crippen LogP contribution is 2.31. The van der Waals surface area contributed by atoms with Gasteiger partial charge in [-0.05, 0) is 63.1 Å². The van der Waals surface area contributed by atoms with Gasteiger partial charge in [0.15, 0.2) is 0 Å². The second kappa shape index (κ2) is 8.82. The van der Waals surface area contributed by atoms with Gasteiger partial charge in [-0.2, -0.15) is 14.9 Å². The summed E-state index contributed by atoms with van der Waals surface area (Å²) < 4.78 is 13.4. The highest BCUT2D eigenvalue weighted by Gasteiger charge is 2.29. The Morgan fingerprint density at radius 1 is 1.17 bits per heavy atom. The molecule has 4 rings (SSSR count). The molecule has 7 heteroatoms. The van der Waals surface area contributed by atoms with Crippen molar-refractivity contribution in [2.45, 2.75) is 26.7 Å². The summed E-state index contributed by atoms with van der Waals surface area (Å²) in [5.41, 5.74) is 4.91. The smallest absolute Gasteiger partial charge is 0.243 e. The minimum Gasteiger partial charge on any atom is -0.494 e. The van der Waals surface area contributed by atoms with Crippen molar-refractivity contribution in [1.82, 2.24) is 15.2 Å². The molecule has 0 bridgehead atoms. The van der Waals surface area contributed by atoms with Gasteiger partial charge in [-0.25, -0.2) is 5.43 Å². The van der Waals surface area contributed by atoms with E-state index in [1.165, 1.54) is 0 Å². The van der Waals surface area contributed by atoms with E-state index in [9.17, 15) is 4.79 Å². The average molecular weight is 404 g/mol. The summed E-state index contributed by atoms with van der Waals surface area (Å²) in [6.07, 6.45) is 3.45. The van der Waals surface area contributed by atoms with Crippen molar-refractivity contribution < 1.29 is 14.3 Å². The van der Waals surface area contributed by atoms with Crippen LogP contribution in [0.2, 0.25) is 0 Å². The fourth-order valence-corrected chi connectivity index (χ4v) is 2.99. The number of nitrogens with one attached hydrogen (secondary N) is 1. The third-order valence-electron chi connectivity index (χ3n) is 4.73. The number of nitrogens with zero attached hydrogens (tertiary/aromatic N) is 3. The summed E-state index contributed by atoms with van der Waals surface area (Å²) in [4.78, 5) is 11.9. The van der Waals surface area contributed by atoms with E-state index in [0.29, 0.717) is 23.8 Å². The first kappa shape index (κ1) is 19.7. The molecule has 0 radical (unpaired) electrons. The quantitative estimate of drug-likeness (QED) is 0.450. The monoisotopic (exact) mass is 404 g/mol. The molecular formula is C23H24N4O3. The number of hydrogen-bond donors (Lipinski definition) is 1. The Labute approximate surface area is 175 Å². The molecule has 30 heavy (non-hydrogen) atoms. The van der Waals surface area contributed by atoms with Gasteiger partial charge in [-0.15, -0.1) is 0 Å². The Kier molecular flexibility index (Phi) is 5.79. The number of carbonyl (C=O) groups excluding carboxylic acids is 1. The average Bonchev–Trinajstić information content (AvgIpc) is 3.57. The third kappa shape index (κ3) is 4.51. The molecule has 7 nitrogen and oxygen atoms in total. The fraction of sp³-hybridized carbons (Fsp3) is 0.261. The molecule has 1 saturated carbocycles.